The number of benzene rings is 1. The Morgan fingerprint density at radius 2 is 2.29 bits per heavy atom. The van der Waals surface area contributed by atoms with Crippen molar-refractivity contribution in [1.82, 2.24) is 9.59 Å². The van der Waals surface area contributed by atoms with E-state index in [1.54, 1.807) is 19.1 Å². The van der Waals surface area contributed by atoms with Crippen LogP contribution >= 0.6 is 11.5 Å². The lowest BCUT2D eigenvalue weighted by atomic mass is 10.1. The van der Waals surface area contributed by atoms with Crippen molar-refractivity contribution in [2.45, 2.75) is 13.8 Å². The predicted molar refractivity (Wildman–Crippen MR) is 65.7 cm³/mol. The third kappa shape index (κ3) is 2.50. The molecule has 88 valence electrons. The first-order valence-electron chi connectivity index (χ1n) is 5.29. The number of hydrogen-bond acceptors (Lipinski definition) is 5. The van der Waals surface area contributed by atoms with Crippen molar-refractivity contribution in [3.8, 4) is 5.75 Å². The fraction of sp³-hybridized carbons (Fsp3) is 0.250. The lowest BCUT2D eigenvalue weighted by molar-refractivity contribution is 0.104. The third-order valence-electron chi connectivity index (χ3n) is 2.27. The Balaban J connectivity index is 2.31. The van der Waals surface area contributed by atoms with E-state index in [0.29, 0.717) is 28.5 Å². The maximum absolute atomic E-state index is 12.2. The molecule has 4 nitrogen and oxygen atoms in total. The number of carbonyl (C=O) groups excluding carboxylic acids is 1. The highest BCUT2D eigenvalue weighted by atomic mass is 32.1. The zero-order valence-electron chi connectivity index (χ0n) is 9.64. The van der Waals surface area contributed by atoms with E-state index in [1.807, 2.05) is 19.1 Å². The lowest BCUT2D eigenvalue weighted by Gasteiger charge is -2.04. The van der Waals surface area contributed by atoms with E-state index in [2.05, 4.69) is 9.59 Å². The van der Waals surface area contributed by atoms with Gasteiger partial charge >= 0.3 is 0 Å². The summed E-state index contributed by atoms with van der Waals surface area (Å²) in [7, 11) is 0. The number of ether oxygens (including phenoxy) is 1. The third-order valence-corrected chi connectivity index (χ3v) is 3.09. The van der Waals surface area contributed by atoms with Crippen molar-refractivity contribution >= 4 is 17.3 Å². The molecule has 0 N–H and O–H groups in total. The molecule has 1 aromatic heterocycles. The minimum Gasteiger partial charge on any atom is -0.494 e. The van der Waals surface area contributed by atoms with E-state index in [0.717, 1.165) is 11.5 Å². The SMILES string of the molecule is CCOc1cccc(C(=O)c2snnc2C)c1. The van der Waals surface area contributed by atoms with Gasteiger partial charge in [0.1, 0.15) is 10.6 Å². The maximum atomic E-state index is 12.2. The molecule has 0 aliphatic rings. The smallest absolute Gasteiger partial charge is 0.206 e. The molecular formula is C12H12N2O2S. The largest absolute Gasteiger partial charge is 0.494 e. The van der Waals surface area contributed by atoms with Crippen LogP contribution in [0.1, 0.15) is 27.9 Å². The van der Waals surface area contributed by atoms with Gasteiger partial charge in [-0.3, -0.25) is 4.79 Å². The van der Waals surface area contributed by atoms with Gasteiger partial charge < -0.3 is 4.74 Å². The molecule has 0 aliphatic carbocycles. The number of carbonyl (C=O) groups is 1. The number of rotatable bonds is 4. The van der Waals surface area contributed by atoms with Gasteiger partial charge in [0.25, 0.3) is 0 Å². The molecule has 0 spiro atoms. The summed E-state index contributed by atoms with van der Waals surface area (Å²) in [6.45, 7) is 4.27. The second-order valence-corrected chi connectivity index (χ2v) is 4.23. The maximum Gasteiger partial charge on any atom is 0.206 e. The normalized spacial score (nSPS) is 10.2. The van der Waals surface area contributed by atoms with Crippen LogP contribution in [-0.2, 0) is 0 Å². The average molecular weight is 248 g/mol. The van der Waals surface area contributed by atoms with Crippen LogP contribution in [0.3, 0.4) is 0 Å². The van der Waals surface area contributed by atoms with Crippen LogP contribution in [0.2, 0.25) is 0 Å². The van der Waals surface area contributed by atoms with Crippen molar-refractivity contribution in [3.63, 3.8) is 0 Å². The van der Waals surface area contributed by atoms with Gasteiger partial charge in [-0.05, 0) is 37.5 Å². The Morgan fingerprint density at radius 1 is 1.47 bits per heavy atom. The second kappa shape index (κ2) is 5.05. The van der Waals surface area contributed by atoms with Crippen molar-refractivity contribution in [2.24, 2.45) is 0 Å². The highest BCUT2D eigenvalue weighted by Gasteiger charge is 2.15. The molecule has 5 heteroatoms. The minimum absolute atomic E-state index is 0.0564. The highest BCUT2D eigenvalue weighted by Crippen LogP contribution is 2.19. The average Bonchev–Trinajstić information content (AvgIpc) is 2.75. The first kappa shape index (κ1) is 11.7. The number of aryl methyl sites for hydroxylation is 1. The molecule has 0 radical (unpaired) electrons. The molecule has 2 rings (SSSR count). The van der Waals surface area contributed by atoms with E-state index in [9.17, 15) is 4.79 Å². The summed E-state index contributed by atoms with van der Waals surface area (Å²) in [4.78, 5) is 12.7. The molecule has 0 saturated heterocycles. The molecule has 2 aromatic rings. The van der Waals surface area contributed by atoms with E-state index in [-0.39, 0.29) is 5.78 Å². The Morgan fingerprint density at radius 3 is 2.94 bits per heavy atom. The fourth-order valence-electron chi connectivity index (χ4n) is 1.46. The topological polar surface area (TPSA) is 52.1 Å². The standard InChI is InChI=1S/C12H12N2O2S/c1-3-16-10-6-4-5-9(7-10)11(15)12-8(2)13-14-17-12/h4-7H,3H2,1-2H3. The molecule has 0 bridgehead atoms. The van der Waals surface area contributed by atoms with E-state index in [1.165, 1.54) is 0 Å². The number of hydrogen-bond donors (Lipinski definition) is 0. The van der Waals surface area contributed by atoms with Gasteiger partial charge in [0.05, 0.1) is 12.3 Å². The number of nitrogens with zero attached hydrogens (tertiary/aromatic N) is 2. The predicted octanol–water partition coefficient (Wildman–Crippen LogP) is 2.48. The van der Waals surface area contributed by atoms with Gasteiger partial charge in [-0.25, -0.2) is 0 Å². The lowest BCUT2D eigenvalue weighted by Crippen LogP contribution is -2.01. The first-order chi connectivity index (χ1) is 8.22. The molecule has 0 atom stereocenters. The summed E-state index contributed by atoms with van der Waals surface area (Å²) < 4.78 is 9.13. The Labute approximate surface area is 103 Å². The van der Waals surface area contributed by atoms with Crippen LogP contribution in [-0.4, -0.2) is 22.0 Å². The van der Waals surface area contributed by atoms with Gasteiger partial charge in [-0.2, -0.15) is 0 Å². The Kier molecular flexibility index (Phi) is 3.49. The van der Waals surface area contributed by atoms with Gasteiger partial charge in [0, 0.05) is 5.56 Å². The van der Waals surface area contributed by atoms with E-state index >= 15 is 0 Å². The molecule has 1 aromatic carbocycles. The summed E-state index contributed by atoms with van der Waals surface area (Å²) in [5.41, 5.74) is 1.27. The molecule has 1 heterocycles. The molecule has 0 fully saturated rings. The van der Waals surface area contributed by atoms with Crippen molar-refractivity contribution < 1.29 is 9.53 Å². The summed E-state index contributed by atoms with van der Waals surface area (Å²) in [5, 5.41) is 3.84. The van der Waals surface area contributed by atoms with Crippen LogP contribution in [0.15, 0.2) is 24.3 Å². The summed E-state index contributed by atoms with van der Waals surface area (Å²) >= 11 is 1.12. The highest BCUT2D eigenvalue weighted by molar-refractivity contribution is 7.08. The molecular weight excluding hydrogens is 236 g/mol. The Hall–Kier alpha value is -1.75. The van der Waals surface area contributed by atoms with Crippen molar-refractivity contribution in [1.29, 1.82) is 0 Å². The van der Waals surface area contributed by atoms with Crippen LogP contribution < -0.4 is 4.74 Å². The van der Waals surface area contributed by atoms with Crippen LogP contribution in [0.25, 0.3) is 0 Å². The molecule has 0 unspecified atom stereocenters. The van der Waals surface area contributed by atoms with Crippen LogP contribution in [0, 0.1) is 6.92 Å². The van der Waals surface area contributed by atoms with Gasteiger partial charge in [0.15, 0.2) is 0 Å². The first-order valence-corrected chi connectivity index (χ1v) is 6.06. The molecule has 0 aliphatic heterocycles. The van der Waals surface area contributed by atoms with Crippen LogP contribution in [0.5, 0.6) is 5.75 Å². The number of ketones is 1. The molecule has 17 heavy (non-hydrogen) atoms. The van der Waals surface area contributed by atoms with Crippen molar-refractivity contribution in [3.05, 3.63) is 40.4 Å². The monoisotopic (exact) mass is 248 g/mol. The Bertz CT molecular complexity index is 537. The van der Waals surface area contributed by atoms with Crippen LogP contribution in [0.4, 0.5) is 0 Å². The minimum atomic E-state index is -0.0564. The van der Waals surface area contributed by atoms with Gasteiger partial charge in [-0.1, -0.05) is 16.6 Å². The quantitative estimate of drug-likeness (QED) is 0.780. The number of aromatic nitrogens is 2. The van der Waals surface area contributed by atoms with E-state index < -0.39 is 0 Å². The second-order valence-electron chi connectivity index (χ2n) is 3.48. The summed E-state index contributed by atoms with van der Waals surface area (Å²) in [6.07, 6.45) is 0. The van der Waals surface area contributed by atoms with Gasteiger partial charge in [0.2, 0.25) is 5.78 Å². The van der Waals surface area contributed by atoms with E-state index in [4.69, 9.17) is 4.74 Å². The van der Waals surface area contributed by atoms with Gasteiger partial charge in [-0.15, -0.1) is 5.10 Å². The molecule has 0 saturated carbocycles. The zero-order chi connectivity index (χ0) is 12.3. The fourth-order valence-corrected chi connectivity index (χ4v) is 2.08. The summed E-state index contributed by atoms with van der Waals surface area (Å²) in [6, 6.07) is 7.15. The zero-order valence-corrected chi connectivity index (χ0v) is 10.5. The molecule has 0 amide bonds. The van der Waals surface area contributed by atoms with Crippen molar-refractivity contribution in [2.75, 3.05) is 6.61 Å². The summed E-state index contributed by atoms with van der Waals surface area (Å²) in [5.74, 6) is 0.646.